The third-order valence-corrected chi connectivity index (χ3v) is 6.38. The molecule has 2 aliphatic heterocycles. The molecule has 2 aromatic heterocycles. The van der Waals surface area contributed by atoms with E-state index >= 15 is 0 Å². The van der Waals surface area contributed by atoms with Gasteiger partial charge in [0.2, 0.25) is 0 Å². The van der Waals surface area contributed by atoms with Gasteiger partial charge in [-0.2, -0.15) is 10.2 Å². The molecule has 7 heteroatoms. The molecular formula is C23H26N6O. The Balaban J connectivity index is 1.34. The number of anilines is 1. The van der Waals surface area contributed by atoms with E-state index in [4.69, 9.17) is 0 Å². The topological polar surface area (TPSA) is 87.1 Å². The van der Waals surface area contributed by atoms with Crippen LogP contribution < -0.4 is 10.2 Å². The molecule has 5 rings (SSSR count). The lowest BCUT2D eigenvalue weighted by atomic mass is 9.98. The number of nitrogens with zero attached hydrogens (tertiary/aromatic N) is 5. The molecule has 3 aromatic rings. The summed E-state index contributed by atoms with van der Waals surface area (Å²) in [5.74, 6) is 1.02. The van der Waals surface area contributed by atoms with Crippen LogP contribution in [0.3, 0.4) is 0 Å². The van der Waals surface area contributed by atoms with E-state index in [9.17, 15) is 5.11 Å². The largest absolute Gasteiger partial charge is 0.507 e. The van der Waals surface area contributed by atoms with Gasteiger partial charge < -0.3 is 15.3 Å². The summed E-state index contributed by atoms with van der Waals surface area (Å²) in [7, 11) is 2.11. The maximum Gasteiger partial charge on any atom is 0.151 e. The number of fused-ring (bicyclic) bond motifs is 2. The number of nitrogens with one attached hydrogen (secondary N) is 1. The van der Waals surface area contributed by atoms with E-state index in [1.165, 1.54) is 12.8 Å². The van der Waals surface area contributed by atoms with Gasteiger partial charge in [0.25, 0.3) is 0 Å². The number of rotatable bonds is 4. The van der Waals surface area contributed by atoms with Crippen molar-refractivity contribution < 1.29 is 5.11 Å². The summed E-state index contributed by atoms with van der Waals surface area (Å²) >= 11 is 0. The van der Waals surface area contributed by atoms with Crippen molar-refractivity contribution in [1.82, 2.24) is 25.7 Å². The number of aromatic hydroxyl groups is 1. The van der Waals surface area contributed by atoms with E-state index in [1.54, 1.807) is 6.07 Å². The SMILES string of the molecule is Cc1ccc(-c2ccc(-c3ccc(N(C)C4CC5CC[C@H](C4)N5)nn3)c(O)c2)nn1. The minimum absolute atomic E-state index is 0.153. The fraction of sp³-hybridized carbons (Fsp3) is 0.391. The number of hydrogen-bond donors (Lipinski definition) is 2. The Labute approximate surface area is 176 Å². The molecule has 3 atom stereocenters. The summed E-state index contributed by atoms with van der Waals surface area (Å²) in [4.78, 5) is 2.25. The van der Waals surface area contributed by atoms with E-state index in [0.29, 0.717) is 29.4 Å². The van der Waals surface area contributed by atoms with Gasteiger partial charge in [0, 0.05) is 36.3 Å². The molecule has 4 heterocycles. The molecule has 30 heavy (non-hydrogen) atoms. The molecule has 0 saturated carbocycles. The zero-order valence-corrected chi connectivity index (χ0v) is 17.3. The number of phenolic OH excluding ortho intramolecular Hbond substituents is 1. The Morgan fingerprint density at radius 1 is 0.900 bits per heavy atom. The van der Waals surface area contributed by atoms with Crippen LogP contribution in [0.25, 0.3) is 22.5 Å². The highest BCUT2D eigenvalue weighted by atomic mass is 16.3. The first kappa shape index (κ1) is 18.9. The monoisotopic (exact) mass is 402 g/mol. The van der Waals surface area contributed by atoms with Gasteiger partial charge in [0.05, 0.1) is 17.1 Å². The molecule has 0 radical (unpaired) electrons. The highest BCUT2D eigenvalue weighted by Gasteiger charge is 2.35. The summed E-state index contributed by atoms with van der Waals surface area (Å²) in [5, 5.41) is 31.4. The van der Waals surface area contributed by atoms with Crippen molar-refractivity contribution in [2.24, 2.45) is 0 Å². The van der Waals surface area contributed by atoms with E-state index in [2.05, 4.69) is 37.7 Å². The van der Waals surface area contributed by atoms with Crippen molar-refractivity contribution in [3.8, 4) is 28.3 Å². The van der Waals surface area contributed by atoms with Crippen molar-refractivity contribution in [3.63, 3.8) is 0 Å². The molecule has 0 amide bonds. The quantitative estimate of drug-likeness (QED) is 0.692. The normalized spacial score (nSPS) is 22.8. The van der Waals surface area contributed by atoms with Crippen LogP contribution >= 0.6 is 0 Å². The Bertz CT molecular complexity index is 1020. The molecular weight excluding hydrogens is 376 g/mol. The Kier molecular flexibility index (Phi) is 4.83. The van der Waals surface area contributed by atoms with Gasteiger partial charge in [-0.1, -0.05) is 6.07 Å². The first-order valence-corrected chi connectivity index (χ1v) is 10.5. The van der Waals surface area contributed by atoms with Crippen LogP contribution in [-0.2, 0) is 0 Å². The second-order valence-corrected chi connectivity index (χ2v) is 8.44. The van der Waals surface area contributed by atoms with Crippen molar-refractivity contribution in [2.45, 2.75) is 50.7 Å². The second kappa shape index (κ2) is 7.65. The molecule has 7 nitrogen and oxygen atoms in total. The van der Waals surface area contributed by atoms with E-state index in [0.717, 1.165) is 35.6 Å². The third-order valence-electron chi connectivity index (χ3n) is 6.38. The number of aromatic nitrogens is 4. The maximum atomic E-state index is 10.6. The Morgan fingerprint density at radius 3 is 2.27 bits per heavy atom. The highest BCUT2D eigenvalue weighted by molar-refractivity contribution is 5.73. The molecule has 0 aliphatic carbocycles. The van der Waals surface area contributed by atoms with Gasteiger partial charge in [0.15, 0.2) is 5.82 Å². The fourth-order valence-electron chi connectivity index (χ4n) is 4.65. The van der Waals surface area contributed by atoms with Gasteiger partial charge in [0.1, 0.15) is 5.75 Å². The van der Waals surface area contributed by atoms with Gasteiger partial charge in [-0.05, 0) is 69.0 Å². The summed E-state index contributed by atoms with van der Waals surface area (Å²) in [6.45, 7) is 1.90. The molecule has 0 spiro atoms. The van der Waals surface area contributed by atoms with Crippen LogP contribution in [0.2, 0.25) is 0 Å². The van der Waals surface area contributed by atoms with Gasteiger partial charge in [-0.15, -0.1) is 10.2 Å². The fourth-order valence-corrected chi connectivity index (χ4v) is 4.65. The first-order valence-electron chi connectivity index (χ1n) is 10.5. The standard InChI is InChI=1S/C23H26N6O/c1-14-3-8-20(26-25-14)15-4-7-19(22(30)11-15)21-9-10-23(28-27-21)29(2)18-12-16-5-6-17(13-18)24-16/h3-4,7-11,16-18,24,30H,5-6,12-13H2,1-2H3/t16-,17?,18?/m1/s1. The zero-order chi connectivity index (χ0) is 20.7. The summed E-state index contributed by atoms with van der Waals surface area (Å²) < 4.78 is 0. The predicted octanol–water partition coefficient (Wildman–Crippen LogP) is 3.33. The lowest BCUT2D eigenvalue weighted by Crippen LogP contribution is -2.47. The average molecular weight is 403 g/mol. The van der Waals surface area contributed by atoms with Gasteiger partial charge in [-0.25, -0.2) is 0 Å². The Morgan fingerprint density at radius 2 is 1.63 bits per heavy atom. The van der Waals surface area contributed by atoms with Gasteiger partial charge in [-0.3, -0.25) is 0 Å². The molecule has 2 aliphatic rings. The summed E-state index contributed by atoms with van der Waals surface area (Å²) in [5.41, 5.74) is 3.70. The summed E-state index contributed by atoms with van der Waals surface area (Å²) in [6, 6.07) is 14.9. The Hall–Kier alpha value is -3.06. The van der Waals surface area contributed by atoms with E-state index in [-0.39, 0.29) is 5.75 Å². The highest BCUT2D eigenvalue weighted by Crippen LogP contribution is 2.33. The van der Waals surface area contributed by atoms with Crippen molar-refractivity contribution in [3.05, 3.63) is 48.2 Å². The summed E-state index contributed by atoms with van der Waals surface area (Å²) in [6.07, 6.45) is 4.87. The van der Waals surface area contributed by atoms with Crippen LogP contribution in [0.15, 0.2) is 42.5 Å². The van der Waals surface area contributed by atoms with Crippen molar-refractivity contribution in [2.75, 3.05) is 11.9 Å². The number of hydrogen-bond acceptors (Lipinski definition) is 7. The number of benzene rings is 1. The van der Waals surface area contributed by atoms with Crippen LogP contribution in [0.5, 0.6) is 5.75 Å². The number of aryl methyl sites for hydroxylation is 1. The second-order valence-electron chi connectivity index (χ2n) is 8.44. The molecule has 1 aromatic carbocycles. The molecule has 2 N–H and O–H groups in total. The van der Waals surface area contributed by atoms with Crippen LogP contribution in [0.4, 0.5) is 5.82 Å². The molecule has 2 saturated heterocycles. The van der Waals surface area contributed by atoms with E-state index in [1.807, 2.05) is 43.3 Å². The molecule has 154 valence electrons. The number of piperidine rings is 1. The lowest BCUT2D eigenvalue weighted by Gasteiger charge is -2.36. The maximum absolute atomic E-state index is 10.6. The predicted molar refractivity (Wildman–Crippen MR) is 116 cm³/mol. The lowest BCUT2D eigenvalue weighted by molar-refractivity contribution is 0.353. The van der Waals surface area contributed by atoms with Crippen LogP contribution in [0, 0.1) is 6.92 Å². The van der Waals surface area contributed by atoms with Crippen molar-refractivity contribution >= 4 is 5.82 Å². The van der Waals surface area contributed by atoms with E-state index < -0.39 is 0 Å². The number of phenols is 1. The zero-order valence-electron chi connectivity index (χ0n) is 17.3. The third kappa shape index (κ3) is 3.61. The molecule has 2 bridgehead atoms. The average Bonchev–Trinajstić information content (AvgIpc) is 3.11. The van der Waals surface area contributed by atoms with Crippen LogP contribution in [-0.4, -0.2) is 50.7 Å². The van der Waals surface area contributed by atoms with Crippen LogP contribution in [0.1, 0.15) is 31.4 Å². The van der Waals surface area contributed by atoms with Crippen molar-refractivity contribution in [1.29, 1.82) is 0 Å². The molecule has 2 fully saturated rings. The first-order chi connectivity index (χ1) is 14.6. The molecule has 2 unspecified atom stereocenters. The minimum atomic E-state index is 0.153. The minimum Gasteiger partial charge on any atom is -0.507 e. The smallest absolute Gasteiger partial charge is 0.151 e. The van der Waals surface area contributed by atoms with Gasteiger partial charge >= 0.3 is 0 Å².